The van der Waals surface area contributed by atoms with E-state index in [1.807, 2.05) is 19.9 Å². The van der Waals surface area contributed by atoms with E-state index >= 15 is 0 Å². The molecule has 0 fully saturated rings. The monoisotopic (exact) mass is 371 g/mol. The fraction of sp³-hybridized carbons (Fsp3) is 0.350. The summed E-state index contributed by atoms with van der Waals surface area (Å²) in [5.41, 5.74) is 2.61. The number of anilines is 1. The molecular weight excluding hydrogens is 346 g/mol. The van der Waals surface area contributed by atoms with Crippen LogP contribution < -0.4 is 4.90 Å². The van der Waals surface area contributed by atoms with E-state index in [-0.39, 0.29) is 4.90 Å². The molecule has 0 radical (unpaired) electrons. The Morgan fingerprint density at radius 2 is 1.81 bits per heavy atom. The van der Waals surface area contributed by atoms with Crippen molar-refractivity contribution in [3.63, 3.8) is 0 Å². The van der Waals surface area contributed by atoms with Gasteiger partial charge >= 0.3 is 0 Å². The Hall–Kier alpha value is -2.18. The molecule has 5 nitrogen and oxygen atoms in total. The lowest BCUT2D eigenvalue weighted by Gasteiger charge is -2.28. The first kappa shape index (κ1) is 18.6. The van der Waals surface area contributed by atoms with Crippen molar-refractivity contribution in [2.75, 3.05) is 31.1 Å². The summed E-state index contributed by atoms with van der Waals surface area (Å²) in [6.45, 7) is 6.25. The summed E-state index contributed by atoms with van der Waals surface area (Å²) in [6, 6.07) is 13.9. The van der Waals surface area contributed by atoms with Gasteiger partial charge in [0, 0.05) is 32.4 Å². The van der Waals surface area contributed by atoms with Gasteiger partial charge in [0.1, 0.15) is 10.7 Å². The molecule has 0 saturated heterocycles. The van der Waals surface area contributed by atoms with Crippen molar-refractivity contribution >= 4 is 21.4 Å². The number of aromatic nitrogens is 1. The molecule has 0 unspecified atom stereocenters. The minimum atomic E-state index is -3.45. The minimum Gasteiger partial charge on any atom is -0.353 e. The van der Waals surface area contributed by atoms with E-state index in [1.165, 1.54) is 21.6 Å². The molecule has 1 aromatic heterocycles. The van der Waals surface area contributed by atoms with Gasteiger partial charge in [0.15, 0.2) is 0 Å². The maximum atomic E-state index is 12.5. The SMILES string of the molecule is CCN(CC)S(=O)(=O)c1ccc(N2CC=C(c3ccccc3)CC2)nc1. The Balaban J connectivity index is 1.73. The largest absolute Gasteiger partial charge is 0.353 e. The Bertz CT molecular complexity index is 858. The number of rotatable bonds is 6. The number of hydrogen-bond acceptors (Lipinski definition) is 4. The molecule has 138 valence electrons. The molecule has 0 atom stereocenters. The zero-order valence-electron chi connectivity index (χ0n) is 15.3. The van der Waals surface area contributed by atoms with Crippen molar-refractivity contribution in [3.05, 3.63) is 60.3 Å². The maximum Gasteiger partial charge on any atom is 0.244 e. The summed E-state index contributed by atoms with van der Waals surface area (Å²) in [5.74, 6) is 0.812. The topological polar surface area (TPSA) is 53.5 Å². The second-order valence-corrected chi connectivity index (χ2v) is 8.17. The van der Waals surface area contributed by atoms with Gasteiger partial charge in [-0.2, -0.15) is 4.31 Å². The van der Waals surface area contributed by atoms with Crippen molar-refractivity contribution in [2.24, 2.45) is 0 Å². The van der Waals surface area contributed by atoms with E-state index in [1.54, 1.807) is 12.1 Å². The lowest BCUT2D eigenvalue weighted by atomic mass is 10.00. The highest BCUT2D eigenvalue weighted by molar-refractivity contribution is 7.89. The first-order chi connectivity index (χ1) is 12.6. The van der Waals surface area contributed by atoms with Gasteiger partial charge in [-0.25, -0.2) is 13.4 Å². The molecule has 0 amide bonds. The summed E-state index contributed by atoms with van der Waals surface area (Å²) in [6.07, 6.45) is 4.64. The molecule has 0 aliphatic carbocycles. The van der Waals surface area contributed by atoms with Crippen LogP contribution in [-0.4, -0.2) is 43.9 Å². The molecular formula is C20H25N3O2S. The molecule has 26 heavy (non-hydrogen) atoms. The van der Waals surface area contributed by atoms with E-state index in [2.05, 4.69) is 40.2 Å². The molecule has 0 bridgehead atoms. The molecule has 1 aliphatic rings. The fourth-order valence-electron chi connectivity index (χ4n) is 3.22. The molecule has 2 aromatic rings. The first-order valence-corrected chi connectivity index (χ1v) is 10.5. The van der Waals surface area contributed by atoms with Crippen LogP contribution in [0.5, 0.6) is 0 Å². The number of hydrogen-bond donors (Lipinski definition) is 0. The average Bonchev–Trinajstić information content (AvgIpc) is 2.70. The van der Waals surface area contributed by atoms with Crippen LogP contribution in [0.2, 0.25) is 0 Å². The second-order valence-electron chi connectivity index (χ2n) is 6.23. The highest BCUT2D eigenvalue weighted by Gasteiger charge is 2.22. The summed E-state index contributed by atoms with van der Waals surface area (Å²) in [4.78, 5) is 6.83. The van der Waals surface area contributed by atoms with Crippen LogP contribution in [0, 0.1) is 0 Å². The average molecular weight is 372 g/mol. The van der Waals surface area contributed by atoms with Crippen LogP contribution >= 0.6 is 0 Å². The predicted molar refractivity (Wildman–Crippen MR) is 106 cm³/mol. The highest BCUT2D eigenvalue weighted by Crippen LogP contribution is 2.25. The number of nitrogens with zero attached hydrogens (tertiary/aromatic N) is 3. The van der Waals surface area contributed by atoms with Crippen LogP contribution in [0.3, 0.4) is 0 Å². The maximum absolute atomic E-state index is 12.5. The Kier molecular flexibility index (Phi) is 5.74. The molecule has 1 aliphatic heterocycles. The van der Waals surface area contributed by atoms with Gasteiger partial charge in [-0.1, -0.05) is 50.3 Å². The van der Waals surface area contributed by atoms with E-state index in [9.17, 15) is 8.42 Å². The zero-order valence-corrected chi connectivity index (χ0v) is 16.1. The van der Waals surface area contributed by atoms with Crippen LogP contribution in [0.25, 0.3) is 5.57 Å². The summed E-state index contributed by atoms with van der Waals surface area (Å²) in [5, 5.41) is 0. The lowest BCUT2D eigenvalue weighted by molar-refractivity contribution is 0.445. The summed E-state index contributed by atoms with van der Waals surface area (Å²) in [7, 11) is -3.45. The predicted octanol–water partition coefficient (Wildman–Crippen LogP) is 3.41. The third kappa shape index (κ3) is 3.81. The molecule has 0 spiro atoms. The third-order valence-corrected chi connectivity index (χ3v) is 6.78. The molecule has 6 heteroatoms. The van der Waals surface area contributed by atoms with Gasteiger partial charge in [-0.05, 0) is 29.7 Å². The zero-order chi connectivity index (χ0) is 18.6. The standard InChI is InChI=1S/C20H25N3O2S/c1-3-23(4-2)26(24,25)19-10-11-20(21-16-19)22-14-12-18(13-15-22)17-8-6-5-7-9-17/h5-12,16H,3-4,13-15H2,1-2H3. The Morgan fingerprint density at radius 3 is 2.35 bits per heavy atom. The summed E-state index contributed by atoms with van der Waals surface area (Å²) < 4.78 is 26.5. The van der Waals surface area contributed by atoms with Crippen molar-refractivity contribution in [2.45, 2.75) is 25.2 Å². The van der Waals surface area contributed by atoms with E-state index in [4.69, 9.17) is 0 Å². The van der Waals surface area contributed by atoms with Crippen LogP contribution in [0.1, 0.15) is 25.8 Å². The Morgan fingerprint density at radius 1 is 1.08 bits per heavy atom. The number of benzene rings is 1. The van der Waals surface area contributed by atoms with Crippen molar-refractivity contribution in [1.82, 2.24) is 9.29 Å². The third-order valence-electron chi connectivity index (χ3n) is 4.74. The second kappa shape index (κ2) is 8.01. The van der Waals surface area contributed by atoms with E-state index in [0.29, 0.717) is 13.1 Å². The molecule has 3 rings (SSSR count). The van der Waals surface area contributed by atoms with Gasteiger partial charge in [-0.15, -0.1) is 0 Å². The van der Waals surface area contributed by atoms with E-state index < -0.39 is 10.0 Å². The normalized spacial score (nSPS) is 15.2. The van der Waals surface area contributed by atoms with Gasteiger partial charge in [0.2, 0.25) is 10.0 Å². The molecule has 2 heterocycles. The van der Waals surface area contributed by atoms with Gasteiger partial charge in [0.05, 0.1) is 0 Å². The fourth-order valence-corrected chi connectivity index (χ4v) is 4.62. The smallest absolute Gasteiger partial charge is 0.244 e. The van der Waals surface area contributed by atoms with Crippen molar-refractivity contribution in [3.8, 4) is 0 Å². The van der Waals surface area contributed by atoms with Crippen LogP contribution in [0.15, 0.2) is 59.6 Å². The van der Waals surface area contributed by atoms with E-state index in [0.717, 1.165) is 25.3 Å². The Labute approximate surface area is 156 Å². The molecule has 0 N–H and O–H groups in total. The lowest BCUT2D eigenvalue weighted by Crippen LogP contribution is -2.31. The minimum absolute atomic E-state index is 0.252. The molecule has 0 saturated carbocycles. The van der Waals surface area contributed by atoms with Crippen molar-refractivity contribution in [1.29, 1.82) is 0 Å². The molecule has 1 aromatic carbocycles. The number of pyridine rings is 1. The quantitative estimate of drug-likeness (QED) is 0.781. The van der Waals surface area contributed by atoms with Crippen LogP contribution in [-0.2, 0) is 10.0 Å². The van der Waals surface area contributed by atoms with Gasteiger partial charge in [-0.3, -0.25) is 0 Å². The van der Waals surface area contributed by atoms with Gasteiger partial charge in [0.25, 0.3) is 0 Å². The van der Waals surface area contributed by atoms with Crippen molar-refractivity contribution < 1.29 is 8.42 Å². The summed E-state index contributed by atoms with van der Waals surface area (Å²) >= 11 is 0. The number of sulfonamides is 1. The highest BCUT2D eigenvalue weighted by atomic mass is 32.2. The van der Waals surface area contributed by atoms with Gasteiger partial charge < -0.3 is 4.90 Å². The van der Waals surface area contributed by atoms with Crippen LogP contribution in [0.4, 0.5) is 5.82 Å². The first-order valence-electron chi connectivity index (χ1n) is 9.02.